The number of aryl methyl sites for hydroxylation is 1. The molecular formula is C19H24N4O. The summed E-state index contributed by atoms with van der Waals surface area (Å²) in [4.78, 5) is 2.54. The number of nitrogens with one attached hydrogen (secondary N) is 1. The first-order chi connectivity index (χ1) is 11.9. The Labute approximate surface area is 143 Å². The first kappa shape index (κ1) is 15.4. The van der Waals surface area contributed by atoms with Crippen LogP contribution in [0, 0.1) is 0 Å². The molecule has 5 nitrogen and oxygen atoms in total. The predicted octanol–water partition coefficient (Wildman–Crippen LogP) is 2.88. The van der Waals surface area contributed by atoms with Crippen LogP contribution in [-0.4, -0.2) is 40.8 Å². The van der Waals surface area contributed by atoms with Crippen molar-refractivity contribution in [1.29, 1.82) is 0 Å². The number of likely N-dealkylation sites (tertiary alicyclic amines) is 1. The normalized spacial score (nSPS) is 18.7. The molecule has 0 radical (unpaired) electrons. The molecule has 0 unspecified atom stereocenters. The van der Waals surface area contributed by atoms with Gasteiger partial charge in [0.05, 0.1) is 6.61 Å². The molecule has 0 saturated carbocycles. The molecule has 0 atom stereocenters. The summed E-state index contributed by atoms with van der Waals surface area (Å²) in [6, 6.07) is 11.1. The number of ether oxygens (including phenoxy) is 1. The van der Waals surface area contributed by atoms with Crippen molar-refractivity contribution < 1.29 is 4.74 Å². The summed E-state index contributed by atoms with van der Waals surface area (Å²) in [5.41, 5.74) is 2.78. The molecule has 1 aromatic carbocycles. The number of hydrogen-bond donors (Lipinski definition) is 1. The molecule has 1 saturated heterocycles. The van der Waals surface area contributed by atoms with Crippen LogP contribution in [0.2, 0.25) is 0 Å². The van der Waals surface area contributed by atoms with Crippen LogP contribution in [0.3, 0.4) is 0 Å². The van der Waals surface area contributed by atoms with Crippen molar-refractivity contribution in [2.75, 3.05) is 25.0 Å². The second-order valence-corrected chi connectivity index (χ2v) is 6.70. The molecule has 3 heterocycles. The van der Waals surface area contributed by atoms with Crippen LogP contribution >= 0.6 is 0 Å². The van der Waals surface area contributed by atoms with Gasteiger partial charge >= 0.3 is 0 Å². The van der Waals surface area contributed by atoms with E-state index in [0.29, 0.717) is 6.04 Å². The summed E-state index contributed by atoms with van der Waals surface area (Å²) < 4.78 is 5.71. The second kappa shape index (κ2) is 7.18. The molecular weight excluding hydrogens is 300 g/mol. The maximum absolute atomic E-state index is 5.71. The molecule has 2 aliphatic heterocycles. The zero-order valence-corrected chi connectivity index (χ0v) is 13.9. The third-order valence-electron chi connectivity index (χ3n) is 4.89. The minimum atomic E-state index is 0.495. The van der Waals surface area contributed by atoms with E-state index >= 15 is 0 Å². The second-order valence-electron chi connectivity index (χ2n) is 6.70. The Bertz CT molecular complexity index is 668. The lowest BCUT2D eigenvalue weighted by Crippen LogP contribution is -2.38. The van der Waals surface area contributed by atoms with Crippen molar-refractivity contribution >= 4 is 5.82 Å². The Morgan fingerprint density at radius 1 is 1.21 bits per heavy atom. The van der Waals surface area contributed by atoms with Crippen LogP contribution < -0.4 is 10.1 Å². The van der Waals surface area contributed by atoms with Gasteiger partial charge in [0.1, 0.15) is 11.6 Å². The number of fused-ring (bicyclic) bond motifs is 1. The Kier molecular flexibility index (Phi) is 4.60. The third-order valence-corrected chi connectivity index (χ3v) is 4.89. The lowest BCUT2D eigenvalue weighted by Gasteiger charge is -2.32. The summed E-state index contributed by atoms with van der Waals surface area (Å²) in [5.74, 6) is 1.96. The summed E-state index contributed by atoms with van der Waals surface area (Å²) in [6.45, 7) is 4.13. The van der Waals surface area contributed by atoms with Gasteiger partial charge in [0.15, 0.2) is 0 Å². The van der Waals surface area contributed by atoms with Crippen molar-refractivity contribution in [1.82, 2.24) is 15.1 Å². The number of benzene rings is 1. The molecule has 126 valence electrons. The summed E-state index contributed by atoms with van der Waals surface area (Å²) in [7, 11) is 0. The lowest BCUT2D eigenvalue weighted by atomic mass is 10.0. The van der Waals surface area contributed by atoms with Crippen molar-refractivity contribution in [3.05, 3.63) is 47.7 Å². The molecule has 1 N–H and O–H groups in total. The fraction of sp³-hybridized carbons (Fsp3) is 0.474. The number of nitrogens with zero attached hydrogens (tertiary/aromatic N) is 3. The summed E-state index contributed by atoms with van der Waals surface area (Å²) in [6.07, 6.45) is 6.27. The number of anilines is 1. The number of aromatic nitrogens is 2. The molecule has 24 heavy (non-hydrogen) atoms. The molecule has 0 spiro atoms. The fourth-order valence-corrected chi connectivity index (χ4v) is 3.59. The van der Waals surface area contributed by atoms with Crippen LogP contribution in [0.15, 0.2) is 36.5 Å². The van der Waals surface area contributed by atoms with Crippen LogP contribution in [0.25, 0.3) is 0 Å². The van der Waals surface area contributed by atoms with Crippen LogP contribution in [0.1, 0.15) is 30.4 Å². The molecule has 1 aromatic heterocycles. The van der Waals surface area contributed by atoms with Gasteiger partial charge in [0.25, 0.3) is 0 Å². The van der Waals surface area contributed by atoms with E-state index in [4.69, 9.17) is 4.74 Å². The van der Waals surface area contributed by atoms with Crippen molar-refractivity contribution in [3.63, 3.8) is 0 Å². The van der Waals surface area contributed by atoms with Crippen molar-refractivity contribution in [2.45, 2.75) is 38.3 Å². The van der Waals surface area contributed by atoms with Crippen molar-refractivity contribution in [2.24, 2.45) is 0 Å². The van der Waals surface area contributed by atoms with Gasteiger partial charge in [-0.25, -0.2) is 0 Å². The van der Waals surface area contributed by atoms with Gasteiger partial charge in [-0.15, -0.1) is 5.10 Å². The van der Waals surface area contributed by atoms with Gasteiger partial charge in [-0.1, -0.05) is 12.1 Å². The smallest absolute Gasteiger partial charge is 0.148 e. The number of piperidine rings is 1. The topological polar surface area (TPSA) is 50.3 Å². The monoisotopic (exact) mass is 324 g/mol. The van der Waals surface area contributed by atoms with Gasteiger partial charge in [-0.2, -0.15) is 5.10 Å². The molecule has 2 aliphatic rings. The van der Waals surface area contributed by atoms with E-state index in [0.717, 1.165) is 63.5 Å². The SMILES string of the molecule is c1cnnc(NC2CCN(Cc3ccc4c(c3)CCCO4)CC2)c1. The zero-order chi connectivity index (χ0) is 16.2. The van der Waals surface area contributed by atoms with Gasteiger partial charge in [0.2, 0.25) is 0 Å². The van der Waals surface area contributed by atoms with E-state index in [-0.39, 0.29) is 0 Å². The zero-order valence-electron chi connectivity index (χ0n) is 13.9. The molecule has 5 heteroatoms. The van der Waals surface area contributed by atoms with Gasteiger partial charge in [-0.3, -0.25) is 4.90 Å². The third kappa shape index (κ3) is 3.67. The highest BCUT2D eigenvalue weighted by atomic mass is 16.5. The maximum Gasteiger partial charge on any atom is 0.148 e. The predicted molar refractivity (Wildman–Crippen MR) is 94.2 cm³/mol. The van der Waals surface area contributed by atoms with E-state index < -0.39 is 0 Å². The number of hydrogen-bond acceptors (Lipinski definition) is 5. The maximum atomic E-state index is 5.71. The Balaban J connectivity index is 1.30. The minimum absolute atomic E-state index is 0.495. The molecule has 1 fully saturated rings. The van der Waals surface area contributed by atoms with E-state index in [1.807, 2.05) is 12.1 Å². The highest BCUT2D eigenvalue weighted by molar-refractivity contribution is 5.38. The lowest BCUT2D eigenvalue weighted by molar-refractivity contribution is 0.211. The van der Waals surface area contributed by atoms with Crippen LogP contribution in [-0.2, 0) is 13.0 Å². The minimum Gasteiger partial charge on any atom is -0.493 e. The molecule has 0 bridgehead atoms. The summed E-state index contributed by atoms with van der Waals surface area (Å²) >= 11 is 0. The molecule has 0 aliphatic carbocycles. The summed E-state index contributed by atoms with van der Waals surface area (Å²) in [5, 5.41) is 11.5. The highest BCUT2D eigenvalue weighted by Crippen LogP contribution is 2.26. The fourth-order valence-electron chi connectivity index (χ4n) is 3.59. The van der Waals surface area contributed by atoms with Crippen LogP contribution in [0.5, 0.6) is 5.75 Å². The standard InChI is InChI=1S/C19H24N4O/c1-4-19(22-20-9-1)21-17-7-10-23(11-8-17)14-15-5-6-18-16(13-15)3-2-12-24-18/h1,4-6,9,13,17H,2-3,7-8,10-12,14H2,(H,21,22). The number of rotatable bonds is 4. The van der Waals surface area contributed by atoms with Crippen molar-refractivity contribution in [3.8, 4) is 5.75 Å². The first-order valence-corrected chi connectivity index (χ1v) is 8.88. The van der Waals surface area contributed by atoms with E-state index in [1.165, 1.54) is 11.1 Å². The first-order valence-electron chi connectivity index (χ1n) is 8.88. The average Bonchev–Trinajstić information content (AvgIpc) is 2.64. The average molecular weight is 324 g/mol. The van der Waals surface area contributed by atoms with Gasteiger partial charge in [0, 0.05) is 31.9 Å². The van der Waals surface area contributed by atoms with E-state index in [9.17, 15) is 0 Å². The van der Waals surface area contributed by atoms with Gasteiger partial charge < -0.3 is 10.1 Å². The van der Waals surface area contributed by atoms with Gasteiger partial charge in [-0.05, 0) is 55.0 Å². The molecule has 4 rings (SSSR count). The largest absolute Gasteiger partial charge is 0.493 e. The molecule has 2 aromatic rings. The Morgan fingerprint density at radius 2 is 2.12 bits per heavy atom. The van der Waals surface area contributed by atoms with E-state index in [1.54, 1.807) is 6.20 Å². The Hall–Kier alpha value is -2.14. The van der Waals surface area contributed by atoms with Crippen LogP contribution in [0.4, 0.5) is 5.82 Å². The highest BCUT2D eigenvalue weighted by Gasteiger charge is 2.20. The quantitative estimate of drug-likeness (QED) is 0.937. The Morgan fingerprint density at radius 3 is 2.96 bits per heavy atom. The van der Waals surface area contributed by atoms with E-state index in [2.05, 4.69) is 38.6 Å². The molecule has 0 amide bonds.